The molecule has 0 unspecified atom stereocenters. The summed E-state index contributed by atoms with van der Waals surface area (Å²) in [6.07, 6.45) is 4.95. The zero-order valence-corrected chi connectivity index (χ0v) is 19.5. The number of likely N-dealkylation sites (tertiary alicyclic amines) is 1. The van der Waals surface area contributed by atoms with Gasteiger partial charge in [0.1, 0.15) is 12.1 Å². The van der Waals surface area contributed by atoms with E-state index in [1.807, 2.05) is 0 Å². The maximum atomic E-state index is 12.6. The van der Waals surface area contributed by atoms with Gasteiger partial charge in [-0.05, 0) is 57.9 Å². The number of rotatable bonds is 10. The van der Waals surface area contributed by atoms with Crippen LogP contribution in [0.5, 0.6) is 0 Å². The normalized spacial score (nSPS) is 22.9. The van der Waals surface area contributed by atoms with Gasteiger partial charge in [-0.15, -0.1) is 0 Å². The largest absolute Gasteiger partial charge is 0.428 e. The highest BCUT2D eigenvalue weighted by atomic mass is 16.7. The molecule has 190 valence electrons. The minimum atomic E-state index is -0.698. The van der Waals surface area contributed by atoms with E-state index >= 15 is 0 Å². The standard InChI is InChI=1S/C23H34N2O9/c26-19(7-1-2-8-20(27)34-22(29)17-5-3-11-24-17)25-12-4-6-18(25)23(30)33-15-32-21(28)16-9-13-31-14-10-16/h16-18,24H,1-15H2/t17-,18-/m1/s1. The summed E-state index contributed by atoms with van der Waals surface area (Å²) in [6, 6.07) is -1.11. The van der Waals surface area contributed by atoms with Crippen LogP contribution in [-0.4, -0.2) is 79.9 Å². The Morgan fingerprint density at radius 2 is 1.59 bits per heavy atom. The Labute approximate surface area is 198 Å². The Bertz CT molecular complexity index is 745. The lowest BCUT2D eigenvalue weighted by Gasteiger charge is -2.24. The van der Waals surface area contributed by atoms with Crippen molar-refractivity contribution in [2.75, 3.05) is 33.1 Å². The van der Waals surface area contributed by atoms with Crippen molar-refractivity contribution >= 4 is 29.8 Å². The SMILES string of the molecule is O=C(CCCCC(=O)N1CCC[C@@H]1C(=O)OCOC(=O)C1CCOCC1)OC(=O)[C@H]1CCCN1. The third-order valence-electron chi connectivity index (χ3n) is 6.38. The third kappa shape index (κ3) is 7.76. The van der Waals surface area contributed by atoms with E-state index in [2.05, 4.69) is 5.32 Å². The van der Waals surface area contributed by atoms with Crippen LogP contribution in [0.1, 0.15) is 64.2 Å². The number of unbranched alkanes of at least 4 members (excludes halogenated alkanes) is 1. The molecule has 2 atom stereocenters. The summed E-state index contributed by atoms with van der Waals surface area (Å²) in [4.78, 5) is 62.2. The molecule has 0 saturated carbocycles. The van der Waals surface area contributed by atoms with Crippen LogP contribution in [0.25, 0.3) is 0 Å². The van der Waals surface area contributed by atoms with Gasteiger partial charge in [0.05, 0.1) is 5.92 Å². The molecule has 3 rings (SSSR count). The fourth-order valence-corrected chi connectivity index (χ4v) is 4.41. The highest BCUT2D eigenvalue weighted by molar-refractivity contribution is 5.88. The average Bonchev–Trinajstić information content (AvgIpc) is 3.55. The Hall–Kier alpha value is -2.53. The molecule has 0 aromatic carbocycles. The molecule has 3 saturated heterocycles. The second-order valence-corrected chi connectivity index (χ2v) is 8.83. The van der Waals surface area contributed by atoms with Crippen LogP contribution in [0.2, 0.25) is 0 Å². The van der Waals surface area contributed by atoms with Gasteiger partial charge in [0.2, 0.25) is 12.7 Å². The van der Waals surface area contributed by atoms with Crippen LogP contribution < -0.4 is 5.32 Å². The molecular formula is C23H34N2O9. The average molecular weight is 483 g/mol. The predicted molar refractivity (Wildman–Crippen MR) is 116 cm³/mol. The van der Waals surface area contributed by atoms with Crippen molar-refractivity contribution in [1.29, 1.82) is 0 Å². The van der Waals surface area contributed by atoms with E-state index in [9.17, 15) is 24.0 Å². The number of amides is 1. The number of carbonyl (C=O) groups excluding carboxylic acids is 5. The lowest BCUT2D eigenvalue weighted by Crippen LogP contribution is -2.41. The molecule has 0 aromatic heterocycles. The summed E-state index contributed by atoms with van der Waals surface area (Å²) >= 11 is 0. The molecule has 0 spiro atoms. The smallest absolute Gasteiger partial charge is 0.331 e. The highest BCUT2D eigenvalue weighted by Crippen LogP contribution is 2.21. The van der Waals surface area contributed by atoms with Gasteiger partial charge in [-0.25, -0.2) is 9.59 Å². The first kappa shape index (κ1) is 26.1. The van der Waals surface area contributed by atoms with E-state index in [1.54, 1.807) is 0 Å². The molecule has 11 heteroatoms. The van der Waals surface area contributed by atoms with E-state index in [0.717, 1.165) is 13.0 Å². The van der Waals surface area contributed by atoms with Gasteiger partial charge < -0.3 is 29.2 Å². The Balaban J connectivity index is 1.30. The number of nitrogens with zero attached hydrogens (tertiary/aromatic N) is 1. The fourth-order valence-electron chi connectivity index (χ4n) is 4.41. The molecular weight excluding hydrogens is 448 g/mol. The summed E-state index contributed by atoms with van der Waals surface area (Å²) in [5.74, 6) is -2.58. The van der Waals surface area contributed by atoms with Crippen molar-refractivity contribution in [1.82, 2.24) is 10.2 Å². The minimum absolute atomic E-state index is 0.0513. The zero-order chi connectivity index (χ0) is 24.3. The van der Waals surface area contributed by atoms with Crippen LogP contribution in [-0.2, 0) is 42.9 Å². The van der Waals surface area contributed by atoms with Gasteiger partial charge in [0.25, 0.3) is 0 Å². The van der Waals surface area contributed by atoms with Crippen molar-refractivity contribution in [3.8, 4) is 0 Å². The van der Waals surface area contributed by atoms with E-state index < -0.39 is 42.8 Å². The summed E-state index contributed by atoms with van der Waals surface area (Å²) < 4.78 is 20.2. The van der Waals surface area contributed by atoms with Gasteiger partial charge in [0.15, 0.2) is 0 Å². The quantitative estimate of drug-likeness (QED) is 0.206. The number of ether oxygens (including phenoxy) is 4. The molecule has 0 aromatic rings. The van der Waals surface area contributed by atoms with E-state index in [-0.39, 0.29) is 24.7 Å². The lowest BCUT2D eigenvalue weighted by atomic mass is 10.0. The van der Waals surface area contributed by atoms with Gasteiger partial charge in [-0.2, -0.15) is 0 Å². The summed E-state index contributed by atoms with van der Waals surface area (Å²) in [6.45, 7) is 1.74. The topological polar surface area (TPSA) is 138 Å². The van der Waals surface area contributed by atoms with E-state index in [0.29, 0.717) is 64.7 Å². The van der Waals surface area contributed by atoms with Gasteiger partial charge in [-0.1, -0.05) is 0 Å². The van der Waals surface area contributed by atoms with Gasteiger partial charge in [-0.3, -0.25) is 14.4 Å². The minimum Gasteiger partial charge on any atom is -0.428 e. The zero-order valence-electron chi connectivity index (χ0n) is 19.5. The van der Waals surface area contributed by atoms with E-state index in [1.165, 1.54) is 4.90 Å². The number of carbonyl (C=O) groups is 5. The molecule has 34 heavy (non-hydrogen) atoms. The van der Waals surface area contributed by atoms with Crippen molar-refractivity contribution in [3.63, 3.8) is 0 Å². The number of esters is 4. The first-order valence-electron chi connectivity index (χ1n) is 12.1. The number of hydrogen-bond acceptors (Lipinski definition) is 10. The molecule has 3 aliphatic rings. The Kier molecular flexibility index (Phi) is 10.3. The maximum absolute atomic E-state index is 12.6. The number of nitrogens with one attached hydrogen (secondary N) is 1. The van der Waals surface area contributed by atoms with Crippen molar-refractivity contribution in [2.24, 2.45) is 5.92 Å². The van der Waals surface area contributed by atoms with Crippen molar-refractivity contribution in [3.05, 3.63) is 0 Å². The van der Waals surface area contributed by atoms with Crippen LogP contribution in [0.3, 0.4) is 0 Å². The molecule has 11 nitrogen and oxygen atoms in total. The van der Waals surface area contributed by atoms with Crippen LogP contribution in [0.4, 0.5) is 0 Å². The summed E-state index contributed by atoms with van der Waals surface area (Å²) in [5, 5.41) is 2.98. The highest BCUT2D eigenvalue weighted by Gasteiger charge is 2.35. The molecule has 3 heterocycles. The molecule has 1 amide bonds. The molecule has 0 aliphatic carbocycles. The number of hydrogen-bond donors (Lipinski definition) is 1. The molecule has 3 fully saturated rings. The lowest BCUT2D eigenvalue weighted by molar-refractivity contribution is -0.175. The van der Waals surface area contributed by atoms with Gasteiger partial charge >= 0.3 is 23.9 Å². The van der Waals surface area contributed by atoms with E-state index in [4.69, 9.17) is 18.9 Å². The second-order valence-electron chi connectivity index (χ2n) is 8.83. The third-order valence-corrected chi connectivity index (χ3v) is 6.38. The first-order chi connectivity index (χ1) is 16.5. The Morgan fingerprint density at radius 1 is 0.853 bits per heavy atom. The molecule has 0 radical (unpaired) electrons. The molecule has 1 N–H and O–H groups in total. The molecule has 0 bridgehead atoms. The monoisotopic (exact) mass is 482 g/mol. The van der Waals surface area contributed by atoms with Gasteiger partial charge in [0, 0.05) is 32.6 Å². The van der Waals surface area contributed by atoms with Crippen LogP contribution in [0, 0.1) is 5.92 Å². The maximum Gasteiger partial charge on any atom is 0.331 e. The first-order valence-corrected chi connectivity index (χ1v) is 12.1. The second kappa shape index (κ2) is 13.4. The predicted octanol–water partition coefficient (Wildman–Crippen LogP) is 0.830. The summed E-state index contributed by atoms with van der Waals surface area (Å²) in [5.41, 5.74) is 0. The van der Waals surface area contributed by atoms with Crippen molar-refractivity contribution < 1.29 is 42.9 Å². The van der Waals surface area contributed by atoms with Crippen LogP contribution in [0.15, 0.2) is 0 Å². The fraction of sp³-hybridized carbons (Fsp3) is 0.783. The van der Waals surface area contributed by atoms with Crippen molar-refractivity contribution in [2.45, 2.75) is 76.3 Å². The summed E-state index contributed by atoms with van der Waals surface area (Å²) in [7, 11) is 0. The Morgan fingerprint density at radius 3 is 2.32 bits per heavy atom. The van der Waals surface area contributed by atoms with Crippen LogP contribution >= 0.6 is 0 Å². The molecule has 3 aliphatic heterocycles.